The second-order valence-corrected chi connectivity index (χ2v) is 6.76. The number of likely N-dealkylation sites (tertiary alicyclic amines) is 1. The van der Waals surface area contributed by atoms with Gasteiger partial charge in [0.25, 0.3) is 0 Å². The van der Waals surface area contributed by atoms with Crippen LogP contribution in [0.5, 0.6) is 0 Å². The van der Waals surface area contributed by atoms with Crippen LogP contribution in [0.25, 0.3) is 0 Å². The monoisotopic (exact) mass is 325 g/mol. The molecule has 3 heterocycles. The minimum atomic E-state index is -0.337. The van der Waals surface area contributed by atoms with E-state index in [1.54, 1.807) is 0 Å². The van der Waals surface area contributed by atoms with Crippen molar-refractivity contribution in [3.8, 4) is 0 Å². The van der Waals surface area contributed by atoms with Gasteiger partial charge in [-0.3, -0.25) is 9.69 Å². The van der Waals surface area contributed by atoms with Gasteiger partial charge in [-0.05, 0) is 37.9 Å². The number of fused-ring (bicyclic) bond motifs is 1. The summed E-state index contributed by atoms with van der Waals surface area (Å²) in [6, 6.07) is 9.49. The third-order valence-electron chi connectivity index (χ3n) is 5.28. The third-order valence-corrected chi connectivity index (χ3v) is 5.28. The summed E-state index contributed by atoms with van der Waals surface area (Å²) in [6.07, 6.45) is 4.21. The second-order valence-electron chi connectivity index (χ2n) is 6.76. The molecule has 0 aliphatic carbocycles. The SMILES string of the molecule is NC(=O)[C@@H](c1ccccc1)N1CCC(c2nnc3n2CCC3)CC1. The smallest absolute Gasteiger partial charge is 0.239 e. The average molecular weight is 325 g/mol. The maximum Gasteiger partial charge on any atom is 0.239 e. The van der Waals surface area contributed by atoms with Crippen LogP contribution < -0.4 is 5.73 Å². The third kappa shape index (κ3) is 2.71. The summed E-state index contributed by atoms with van der Waals surface area (Å²) in [4.78, 5) is 14.2. The zero-order valence-electron chi connectivity index (χ0n) is 13.8. The summed E-state index contributed by atoms with van der Waals surface area (Å²) < 4.78 is 2.29. The predicted molar refractivity (Wildman–Crippen MR) is 90.3 cm³/mol. The standard InChI is InChI=1S/C18H23N5O/c19-17(24)16(13-5-2-1-3-6-13)22-11-8-14(9-12-22)18-21-20-15-7-4-10-23(15)18/h1-3,5-6,14,16H,4,7-12H2,(H2,19,24)/t16-/m1/s1. The molecule has 2 aliphatic heterocycles. The van der Waals surface area contributed by atoms with Gasteiger partial charge in [0, 0.05) is 18.9 Å². The predicted octanol–water partition coefficient (Wildman–Crippen LogP) is 1.63. The van der Waals surface area contributed by atoms with Gasteiger partial charge in [-0.1, -0.05) is 30.3 Å². The summed E-state index contributed by atoms with van der Waals surface area (Å²) >= 11 is 0. The molecule has 0 unspecified atom stereocenters. The van der Waals surface area contributed by atoms with Crippen molar-refractivity contribution in [2.45, 2.75) is 44.2 Å². The number of primary amides is 1. The molecule has 126 valence electrons. The number of nitrogens with two attached hydrogens (primary N) is 1. The van der Waals surface area contributed by atoms with Crippen LogP contribution in [0.2, 0.25) is 0 Å². The lowest BCUT2D eigenvalue weighted by molar-refractivity contribution is -0.124. The molecule has 1 saturated heterocycles. The summed E-state index contributed by atoms with van der Waals surface area (Å²) in [7, 11) is 0. The van der Waals surface area contributed by atoms with E-state index in [0.29, 0.717) is 5.92 Å². The van der Waals surface area contributed by atoms with Crippen molar-refractivity contribution >= 4 is 5.91 Å². The Bertz CT molecular complexity index is 718. The number of aromatic nitrogens is 3. The van der Waals surface area contributed by atoms with Crippen LogP contribution >= 0.6 is 0 Å². The highest BCUT2D eigenvalue weighted by Gasteiger charge is 2.32. The highest BCUT2D eigenvalue weighted by Crippen LogP contribution is 2.32. The van der Waals surface area contributed by atoms with Gasteiger partial charge in [-0.15, -0.1) is 10.2 Å². The van der Waals surface area contributed by atoms with E-state index < -0.39 is 0 Å². The quantitative estimate of drug-likeness (QED) is 0.927. The number of benzene rings is 1. The fourth-order valence-electron chi connectivity index (χ4n) is 4.08. The number of hydrogen-bond acceptors (Lipinski definition) is 4. The first-order valence-electron chi connectivity index (χ1n) is 8.74. The van der Waals surface area contributed by atoms with Crippen LogP contribution in [0.3, 0.4) is 0 Å². The van der Waals surface area contributed by atoms with Gasteiger partial charge in [0.05, 0.1) is 0 Å². The summed E-state index contributed by atoms with van der Waals surface area (Å²) in [5.74, 6) is 2.43. The van der Waals surface area contributed by atoms with E-state index >= 15 is 0 Å². The molecule has 0 radical (unpaired) electrons. The molecule has 1 atom stereocenters. The van der Waals surface area contributed by atoms with E-state index in [4.69, 9.17) is 5.73 Å². The Morgan fingerprint density at radius 3 is 2.58 bits per heavy atom. The molecule has 1 fully saturated rings. The summed E-state index contributed by atoms with van der Waals surface area (Å²) in [5, 5.41) is 8.75. The lowest BCUT2D eigenvalue weighted by atomic mass is 9.93. The molecular formula is C18H23N5O. The largest absolute Gasteiger partial charge is 0.368 e. The first-order chi connectivity index (χ1) is 11.7. The molecule has 0 spiro atoms. The molecule has 0 saturated carbocycles. The highest BCUT2D eigenvalue weighted by molar-refractivity contribution is 5.81. The Morgan fingerprint density at radius 1 is 1.12 bits per heavy atom. The number of carbonyl (C=O) groups is 1. The number of hydrogen-bond donors (Lipinski definition) is 1. The van der Waals surface area contributed by atoms with Gasteiger partial charge in [-0.25, -0.2) is 0 Å². The Kier molecular flexibility index (Phi) is 4.06. The molecule has 24 heavy (non-hydrogen) atoms. The van der Waals surface area contributed by atoms with Crippen molar-refractivity contribution in [3.05, 3.63) is 47.5 Å². The number of rotatable bonds is 4. The fraction of sp³-hybridized carbons (Fsp3) is 0.500. The summed E-state index contributed by atoms with van der Waals surface area (Å²) in [6.45, 7) is 2.76. The van der Waals surface area contributed by atoms with Crippen LogP contribution in [0, 0.1) is 0 Å². The lowest BCUT2D eigenvalue weighted by Crippen LogP contribution is -2.42. The minimum Gasteiger partial charge on any atom is -0.368 e. The van der Waals surface area contributed by atoms with Gasteiger partial charge < -0.3 is 10.3 Å². The normalized spacial score (nSPS) is 20.0. The van der Waals surface area contributed by atoms with E-state index in [2.05, 4.69) is 19.7 Å². The van der Waals surface area contributed by atoms with Gasteiger partial charge in [0.2, 0.25) is 5.91 Å². The van der Waals surface area contributed by atoms with Crippen LogP contribution in [-0.2, 0) is 17.8 Å². The Labute approximate surface area is 141 Å². The number of carbonyl (C=O) groups excluding carboxylic acids is 1. The fourth-order valence-corrected chi connectivity index (χ4v) is 4.08. The average Bonchev–Trinajstić information content (AvgIpc) is 3.20. The molecular weight excluding hydrogens is 302 g/mol. The Balaban J connectivity index is 1.48. The number of amides is 1. The van der Waals surface area contributed by atoms with E-state index in [9.17, 15) is 4.79 Å². The first-order valence-corrected chi connectivity index (χ1v) is 8.74. The van der Waals surface area contributed by atoms with E-state index in [1.165, 1.54) is 6.42 Å². The zero-order valence-corrected chi connectivity index (χ0v) is 13.8. The van der Waals surface area contributed by atoms with Gasteiger partial charge >= 0.3 is 0 Å². The highest BCUT2D eigenvalue weighted by atomic mass is 16.1. The van der Waals surface area contributed by atoms with Crippen molar-refractivity contribution in [2.75, 3.05) is 13.1 Å². The van der Waals surface area contributed by atoms with Crippen molar-refractivity contribution in [1.29, 1.82) is 0 Å². The minimum absolute atomic E-state index is 0.275. The second kappa shape index (κ2) is 6.36. The maximum atomic E-state index is 12.0. The van der Waals surface area contributed by atoms with E-state index in [-0.39, 0.29) is 11.9 Å². The molecule has 2 aromatic rings. The zero-order chi connectivity index (χ0) is 16.5. The number of aryl methyl sites for hydroxylation is 1. The van der Waals surface area contributed by atoms with Crippen molar-refractivity contribution in [1.82, 2.24) is 19.7 Å². The molecule has 6 nitrogen and oxygen atoms in total. The molecule has 4 rings (SSSR count). The van der Waals surface area contributed by atoms with Crippen molar-refractivity contribution in [3.63, 3.8) is 0 Å². The molecule has 6 heteroatoms. The molecule has 1 aromatic carbocycles. The van der Waals surface area contributed by atoms with Crippen LogP contribution in [0.15, 0.2) is 30.3 Å². The molecule has 0 bridgehead atoms. The van der Waals surface area contributed by atoms with Crippen LogP contribution in [-0.4, -0.2) is 38.7 Å². The van der Waals surface area contributed by atoms with Crippen molar-refractivity contribution in [2.24, 2.45) is 5.73 Å². The Hall–Kier alpha value is -2.21. The topological polar surface area (TPSA) is 77.0 Å². The van der Waals surface area contributed by atoms with E-state index in [0.717, 1.165) is 56.1 Å². The number of piperidine rings is 1. The van der Waals surface area contributed by atoms with Crippen molar-refractivity contribution < 1.29 is 4.79 Å². The number of nitrogens with zero attached hydrogens (tertiary/aromatic N) is 4. The van der Waals surface area contributed by atoms with Crippen LogP contribution in [0.4, 0.5) is 0 Å². The molecule has 1 amide bonds. The van der Waals surface area contributed by atoms with Crippen LogP contribution in [0.1, 0.15) is 48.4 Å². The molecule has 2 N–H and O–H groups in total. The maximum absolute atomic E-state index is 12.0. The van der Waals surface area contributed by atoms with Gasteiger partial charge in [0.1, 0.15) is 17.7 Å². The lowest BCUT2D eigenvalue weighted by Gasteiger charge is -2.36. The summed E-state index contributed by atoms with van der Waals surface area (Å²) in [5.41, 5.74) is 6.67. The van der Waals surface area contributed by atoms with Gasteiger partial charge in [-0.2, -0.15) is 0 Å². The first kappa shape index (κ1) is 15.3. The van der Waals surface area contributed by atoms with Gasteiger partial charge in [0.15, 0.2) is 0 Å². The Morgan fingerprint density at radius 2 is 1.88 bits per heavy atom. The molecule has 2 aliphatic rings. The molecule has 1 aromatic heterocycles. The van der Waals surface area contributed by atoms with E-state index in [1.807, 2.05) is 30.3 Å².